The second kappa shape index (κ2) is 7.10. The van der Waals surface area contributed by atoms with Crippen molar-refractivity contribution in [3.63, 3.8) is 0 Å². The summed E-state index contributed by atoms with van der Waals surface area (Å²) in [5.74, 6) is 0.254. The summed E-state index contributed by atoms with van der Waals surface area (Å²) in [4.78, 5) is 13.9. The molecule has 1 aliphatic carbocycles. The van der Waals surface area contributed by atoms with Crippen molar-refractivity contribution in [1.82, 2.24) is 10.2 Å². The van der Waals surface area contributed by atoms with Crippen LogP contribution in [0.1, 0.15) is 45.4 Å². The van der Waals surface area contributed by atoms with E-state index in [0.717, 1.165) is 26.1 Å². The molecule has 0 radical (unpaired) electrons. The number of hydrogen-bond acceptors (Lipinski definition) is 3. The minimum absolute atomic E-state index is 0.0460. The van der Waals surface area contributed by atoms with E-state index in [4.69, 9.17) is 4.74 Å². The second-order valence-corrected chi connectivity index (χ2v) is 5.36. The number of hydrogen-bond donors (Lipinski definition) is 1. The Morgan fingerprint density at radius 1 is 1.28 bits per heavy atom. The van der Waals surface area contributed by atoms with Crippen LogP contribution < -0.4 is 5.32 Å². The van der Waals surface area contributed by atoms with Gasteiger partial charge >= 0.3 is 0 Å². The van der Waals surface area contributed by atoms with Crippen LogP contribution in [0.3, 0.4) is 0 Å². The maximum Gasteiger partial charge on any atom is 0.239 e. The van der Waals surface area contributed by atoms with Gasteiger partial charge in [0.25, 0.3) is 0 Å². The average Bonchev–Trinajstić information content (AvgIpc) is 2.73. The highest BCUT2D eigenvalue weighted by Crippen LogP contribution is 2.20. The molecule has 2 fully saturated rings. The predicted molar refractivity (Wildman–Crippen MR) is 71.5 cm³/mol. The van der Waals surface area contributed by atoms with Crippen molar-refractivity contribution in [2.75, 3.05) is 26.2 Å². The second-order valence-electron chi connectivity index (χ2n) is 5.36. The Morgan fingerprint density at radius 2 is 2.06 bits per heavy atom. The zero-order valence-corrected chi connectivity index (χ0v) is 11.5. The van der Waals surface area contributed by atoms with Crippen molar-refractivity contribution in [2.45, 2.75) is 57.6 Å². The molecule has 1 saturated heterocycles. The Hall–Kier alpha value is -0.610. The van der Waals surface area contributed by atoms with Crippen LogP contribution in [0.5, 0.6) is 0 Å². The van der Waals surface area contributed by atoms with Gasteiger partial charge in [-0.2, -0.15) is 0 Å². The van der Waals surface area contributed by atoms with Gasteiger partial charge in [-0.25, -0.2) is 0 Å². The van der Waals surface area contributed by atoms with Crippen LogP contribution in [-0.2, 0) is 9.53 Å². The minimum Gasteiger partial charge on any atom is -0.376 e. The van der Waals surface area contributed by atoms with E-state index in [1.54, 1.807) is 0 Å². The molecule has 0 aromatic rings. The molecule has 1 aliphatic heterocycles. The van der Waals surface area contributed by atoms with Crippen LogP contribution >= 0.6 is 0 Å². The van der Waals surface area contributed by atoms with Gasteiger partial charge in [0, 0.05) is 13.1 Å². The first-order valence-electron chi connectivity index (χ1n) is 7.45. The van der Waals surface area contributed by atoms with Crippen molar-refractivity contribution in [3.05, 3.63) is 0 Å². The normalized spacial score (nSPS) is 25.9. The number of nitrogens with zero attached hydrogens (tertiary/aromatic N) is 1. The van der Waals surface area contributed by atoms with Crippen LogP contribution in [0.4, 0.5) is 0 Å². The zero-order valence-electron chi connectivity index (χ0n) is 11.5. The van der Waals surface area contributed by atoms with Gasteiger partial charge in [0.15, 0.2) is 0 Å². The molecule has 104 valence electrons. The number of amides is 1. The van der Waals surface area contributed by atoms with Crippen molar-refractivity contribution in [3.8, 4) is 0 Å². The molecule has 4 nitrogen and oxygen atoms in total. The third-order valence-corrected chi connectivity index (χ3v) is 4.01. The predicted octanol–water partition coefficient (Wildman–Crippen LogP) is 1.55. The van der Waals surface area contributed by atoms with E-state index in [9.17, 15) is 4.79 Å². The molecule has 1 heterocycles. The monoisotopic (exact) mass is 254 g/mol. The first-order chi connectivity index (χ1) is 8.81. The largest absolute Gasteiger partial charge is 0.376 e. The molecule has 1 N–H and O–H groups in total. The highest BCUT2D eigenvalue weighted by molar-refractivity contribution is 5.83. The van der Waals surface area contributed by atoms with Gasteiger partial charge in [-0.3, -0.25) is 4.79 Å². The third-order valence-electron chi connectivity index (χ3n) is 4.01. The van der Waals surface area contributed by atoms with E-state index < -0.39 is 0 Å². The van der Waals surface area contributed by atoms with Gasteiger partial charge in [0.2, 0.25) is 5.91 Å². The summed E-state index contributed by atoms with van der Waals surface area (Å²) in [5.41, 5.74) is 0. The molecular weight excluding hydrogens is 228 g/mol. The van der Waals surface area contributed by atoms with Crippen LogP contribution in [0.2, 0.25) is 0 Å². The molecule has 2 aliphatic rings. The lowest BCUT2D eigenvalue weighted by atomic mass is 9.98. The van der Waals surface area contributed by atoms with Gasteiger partial charge in [-0.1, -0.05) is 26.2 Å². The third kappa shape index (κ3) is 3.69. The van der Waals surface area contributed by atoms with Gasteiger partial charge < -0.3 is 15.0 Å². The van der Waals surface area contributed by atoms with E-state index in [0.29, 0.717) is 12.7 Å². The Balaban J connectivity index is 1.63. The Labute approximate surface area is 110 Å². The summed E-state index contributed by atoms with van der Waals surface area (Å²) in [7, 11) is 0. The molecule has 0 bridgehead atoms. The fourth-order valence-corrected chi connectivity index (χ4v) is 2.96. The Morgan fingerprint density at radius 3 is 2.78 bits per heavy atom. The molecule has 1 unspecified atom stereocenters. The Kier molecular flexibility index (Phi) is 5.45. The van der Waals surface area contributed by atoms with E-state index in [-0.39, 0.29) is 11.9 Å². The molecule has 1 amide bonds. The highest BCUT2D eigenvalue weighted by atomic mass is 16.5. The topological polar surface area (TPSA) is 41.6 Å². The van der Waals surface area contributed by atoms with E-state index in [2.05, 4.69) is 5.32 Å². The molecule has 1 atom stereocenters. The summed E-state index contributed by atoms with van der Waals surface area (Å²) in [6.07, 6.45) is 7.75. The number of carbonyl (C=O) groups excluding carboxylic acids is 1. The lowest BCUT2D eigenvalue weighted by molar-refractivity contribution is -0.130. The van der Waals surface area contributed by atoms with Crippen LogP contribution in [0.25, 0.3) is 0 Å². The molecular formula is C14H26N2O2. The fraction of sp³-hybridized carbons (Fsp3) is 0.929. The summed E-state index contributed by atoms with van der Waals surface area (Å²) in [5, 5.41) is 3.23. The van der Waals surface area contributed by atoms with E-state index in [1.807, 2.05) is 11.8 Å². The van der Waals surface area contributed by atoms with Gasteiger partial charge in [-0.15, -0.1) is 0 Å². The lowest BCUT2D eigenvalue weighted by Gasteiger charge is -2.24. The molecule has 0 aromatic carbocycles. The molecule has 0 aromatic heterocycles. The van der Waals surface area contributed by atoms with Gasteiger partial charge in [-0.05, 0) is 25.8 Å². The molecule has 0 spiro atoms. The van der Waals surface area contributed by atoms with Crippen LogP contribution in [0, 0.1) is 0 Å². The summed E-state index contributed by atoms with van der Waals surface area (Å²) >= 11 is 0. The number of ether oxygens (including phenoxy) is 1. The minimum atomic E-state index is 0.0460. The fourth-order valence-electron chi connectivity index (χ4n) is 2.96. The SMILES string of the molecule is CCNC1CCN(CCOC2CCCCC2)C1=O. The number of likely N-dealkylation sites (N-methyl/N-ethyl adjacent to an activating group) is 1. The molecule has 1 saturated carbocycles. The van der Waals surface area contributed by atoms with Crippen molar-refractivity contribution < 1.29 is 9.53 Å². The van der Waals surface area contributed by atoms with Crippen molar-refractivity contribution in [1.29, 1.82) is 0 Å². The summed E-state index contributed by atoms with van der Waals surface area (Å²) < 4.78 is 5.87. The highest BCUT2D eigenvalue weighted by Gasteiger charge is 2.30. The first-order valence-corrected chi connectivity index (χ1v) is 7.45. The van der Waals surface area contributed by atoms with E-state index >= 15 is 0 Å². The molecule has 2 rings (SSSR count). The van der Waals surface area contributed by atoms with Crippen LogP contribution in [-0.4, -0.2) is 49.2 Å². The average molecular weight is 254 g/mol. The van der Waals surface area contributed by atoms with Gasteiger partial charge in [0.05, 0.1) is 18.8 Å². The molecule has 4 heteroatoms. The number of nitrogens with one attached hydrogen (secondary N) is 1. The summed E-state index contributed by atoms with van der Waals surface area (Å²) in [6.45, 7) is 5.25. The van der Waals surface area contributed by atoms with Gasteiger partial charge in [0.1, 0.15) is 0 Å². The smallest absolute Gasteiger partial charge is 0.239 e. The van der Waals surface area contributed by atoms with Crippen molar-refractivity contribution >= 4 is 5.91 Å². The number of likely N-dealkylation sites (tertiary alicyclic amines) is 1. The first kappa shape index (κ1) is 13.8. The van der Waals surface area contributed by atoms with Crippen LogP contribution in [0.15, 0.2) is 0 Å². The maximum absolute atomic E-state index is 12.0. The Bertz CT molecular complexity index is 265. The maximum atomic E-state index is 12.0. The number of rotatable bonds is 6. The zero-order chi connectivity index (χ0) is 12.8. The van der Waals surface area contributed by atoms with E-state index in [1.165, 1.54) is 32.1 Å². The van der Waals surface area contributed by atoms with Crippen molar-refractivity contribution in [2.24, 2.45) is 0 Å². The lowest BCUT2D eigenvalue weighted by Crippen LogP contribution is -2.39. The molecule has 18 heavy (non-hydrogen) atoms. The summed E-state index contributed by atoms with van der Waals surface area (Å²) in [6, 6.07) is 0.0460. The standard InChI is InChI=1S/C14H26N2O2/c1-2-15-13-8-9-16(14(13)17)10-11-18-12-6-4-3-5-7-12/h12-13,15H,2-11H2,1H3. The number of carbonyl (C=O) groups is 1. The quantitative estimate of drug-likeness (QED) is 0.782.